The lowest BCUT2D eigenvalue weighted by molar-refractivity contribution is -0.127. The Morgan fingerprint density at radius 2 is 1.79 bits per heavy atom. The van der Waals surface area contributed by atoms with E-state index in [4.69, 9.17) is 10.9 Å². The fourth-order valence-corrected chi connectivity index (χ4v) is 2.22. The number of amides is 1. The van der Waals surface area contributed by atoms with E-state index in [2.05, 4.69) is 38.2 Å². The summed E-state index contributed by atoms with van der Waals surface area (Å²) in [6, 6.07) is 0. The quantitative estimate of drug-likeness (QED) is 0.287. The van der Waals surface area contributed by atoms with Crippen molar-refractivity contribution in [3.8, 4) is 0 Å². The zero-order valence-electron chi connectivity index (χ0n) is 13.0. The van der Waals surface area contributed by atoms with Crippen molar-refractivity contribution in [3.05, 3.63) is 0 Å². The lowest BCUT2D eigenvalue weighted by Crippen LogP contribution is -2.49. The molecule has 0 saturated carbocycles. The summed E-state index contributed by atoms with van der Waals surface area (Å²) >= 11 is 0. The SMILES string of the molecule is CCC(C)(C(=O)NCC(C(C)C)C(C)C)C(N)=NO. The molecule has 0 fully saturated rings. The van der Waals surface area contributed by atoms with Crippen LogP contribution in [0.15, 0.2) is 5.16 Å². The Kier molecular flexibility index (Phi) is 6.87. The molecule has 0 rings (SSSR count). The summed E-state index contributed by atoms with van der Waals surface area (Å²) in [6.07, 6.45) is 0.489. The van der Waals surface area contributed by atoms with Gasteiger partial charge in [-0.25, -0.2) is 0 Å². The summed E-state index contributed by atoms with van der Waals surface area (Å²) in [5, 5.41) is 14.7. The molecule has 112 valence electrons. The maximum Gasteiger partial charge on any atom is 0.233 e. The largest absolute Gasteiger partial charge is 0.409 e. The average molecular weight is 271 g/mol. The van der Waals surface area contributed by atoms with Crippen LogP contribution in [-0.2, 0) is 4.79 Å². The molecule has 1 unspecified atom stereocenters. The minimum atomic E-state index is -0.951. The van der Waals surface area contributed by atoms with Crippen LogP contribution in [0.1, 0.15) is 48.0 Å². The third kappa shape index (κ3) is 4.40. The maximum atomic E-state index is 12.3. The second-order valence-electron chi connectivity index (χ2n) is 6.03. The van der Waals surface area contributed by atoms with Crippen molar-refractivity contribution in [3.63, 3.8) is 0 Å². The van der Waals surface area contributed by atoms with Gasteiger partial charge in [0.25, 0.3) is 0 Å². The summed E-state index contributed by atoms with van der Waals surface area (Å²) in [5.74, 6) is 1.18. The van der Waals surface area contributed by atoms with Gasteiger partial charge in [-0.1, -0.05) is 39.8 Å². The van der Waals surface area contributed by atoms with Crippen molar-refractivity contribution in [2.24, 2.45) is 34.1 Å². The highest BCUT2D eigenvalue weighted by atomic mass is 16.4. The molecule has 0 aromatic rings. The van der Waals surface area contributed by atoms with E-state index in [1.54, 1.807) is 6.92 Å². The number of nitrogens with two attached hydrogens (primary N) is 1. The number of nitrogens with one attached hydrogen (secondary N) is 1. The predicted octanol–water partition coefficient (Wildman–Crippen LogP) is 2.19. The lowest BCUT2D eigenvalue weighted by atomic mass is 9.83. The van der Waals surface area contributed by atoms with Gasteiger partial charge in [0, 0.05) is 6.54 Å². The smallest absolute Gasteiger partial charge is 0.233 e. The summed E-state index contributed by atoms with van der Waals surface area (Å²) in [6.45, 7) is 12.8. The summed E-state index contributed by atoms with van der Waals surface area (Å²) in [7, 11) is 0. The standard InChI is InChI=1S/C14H29N3O2/c1-7-14(6,12(15)17-19)13(18)16-8-11(9(2)3)10(4)5/h9-11,19H,7-8H2,1-6H3,(H2,15,17)(H,16,18). The molecule has 0 aliphatic heterocycles. The Balaban J connectivity index is 4.77. The first-order chi connectivity index (χ1) is 8.70. The van der Waals surface area contributed by atoms with Crippen LogP contribution in [-0.4, -0.2) is 23.5 Å². The van der Waals surface area contributed by atoms with Gasteiger partial charge < -0.3 is 16.3 Å². The van der Waals surface area contributed by atoms with Crippen molar-refractivity contribution < 1.29 is 10.0 Å². The number of oxime groups is 1. The zero-order valence-corrected chi connectivity index (χ0v) is 13.0. The molecule has 1 atom stereocenters. The summed E-state index contributed by atoms with van der Waals surface area (Å²) in [5.41, 5.74) is 4.68. The van der Waals surface area contributed by atoms with E-state index in [9.17, 15) is 4.79 Å². The van der Waals surface area contributed by atoms with Gasteiger partial charge in [0.2, 0.25) is 5.91 Å². The number of nitrogens with zero attached hydrogens (tertiary/aromatic N) is 1. The molecule has 0 radical (unpaired) electrons. The fraction of sp³-hybridized carbons (Fsp3) is 0.857. The van der Waals surface area contributed by atoms with Crippen molar-refractivity contribution in [1.29, 1.82) is 0 Å². The first-order valence-corrected chi connectivity index (χ1v) is 6.96. The minimum Gasteiger partial charge on any atom is -0.409 e. The number of carbonyl (C=O) groups excluding carboxylic acids is 1. The topological polar surface area (TPSA) is 87.7 Å². The lowest BCUT2D eigenvalue weighted by Gasteiger charge is -2.29. The van der Waals surface area contributed by atoms with E-state index < -0.39 is 5.41 Å². The van der Waals surface area contributed by atoms with Gasteiger partial charge in [0.05, 0.1) is 0 Å². The Hall–Kier alpha value is -1.26. The molecule has 5 nitrogen and oxygen atoms in total. The van der Waals surface area contributed by atoms with E-state index in [1.165, 1.54) is 0 Å². The Bertz CT molecular complexity index is 319. The molecule has 0 spiro atoms. The molecule has 0 heterocycles. The number of carbonyl (C=O) groups is 1. The molecule has 1 amide bonds. The van der Waals surface area contributed by atoms with E-state index in [0.717, 1.165) is 0 Å². The molecule has 0 aliphatic carbocycles. The second-order valence-corrected chi connectivity index (χ2v) is 6.03. The molecular weight excluding hydrogens is 242 g/mol. The van der Waals surface area contributed by atoms with Crippen LogP contribution in [0.4, 0.5) is 0 Å². The van der Waals surface area contributed by atoms with Crippen LogP contribution >= 0.6 is 0 Å². The summed E-state index contributed by atoms with van der Waals surface area (Å²) < 4.78 is 0. The van der Waals surface area contributed by atoms with Crippen LogP contribution in [0, 0.1) is 23.2 Å². The Morgan fingerprint density at radius 3 is 2.11 bits per heavy atom. The van der Waals surface area contributed by atoms with E-state index in [0.29, 0.717) is 30.7 Å². The number of rotatable bonds is 7. The van der Waals surface area contributed by atoms with Gasteiger partial charge in [0.1, 0.15) is 5.41 Å². The molecular formula is C14H29N3O2. The van der Waals surface area contributed by atoms with Crippen LogP contribution in [0.3, 0.4) is 0 Å². The van der Waals surface area contributed by atoms with Crippen molar-refractivity contribution >= 4 is 11.7 Å². The number of hydrogen-bond acceptors (Lipinski definition) is 3. The predicted molar refractivity (Wildman–Crippen MR) is 78.0 cm³/mol. The zero-order chi connectivity index (χ0) is 15.2. The highest BCUT2D eigenvalue weighted by Crippen LogP contribution is 2.23. The van der Waals surface area contributed by atoms with Crippen LogP contribution < -0.4 is 11.1 Å². The molecule has 4 N–H and O–H groups in total. The van der Waals surface area contributed by atoms with Gasteiger partial charge >= 0.3 is 0 Å². The second kappa shape index (κ2) is 7.36. The molecule has 0 aromatic heterocycles. The molecule has 0 aromatic carbocycles. The first kappa shape index (κ1) is 17.7. The summed E-state index contributed by atoms with van der Waals surface area (Å²) in [4.78, 5) is 12.3. The molecule has 0 aliphatic rings. The van der Waals surface area contributed by atoms with Gasteiger partial charge in [-0.2, -0.15) is 0 Å². The monoisotopic (exact) mass is 271 g/mol. The van der Waals surface area contributed by atoms with E-state index in [1.807, 2.05) is 6.92 Å². The van der Waals surface area contributed by atoms with Crippen molar-refractivity contribution in [2.45, 2.75) is 48.0 Å². The third-order valence-electron chi connectivity index (χ3n) is 4.09. The highest BCUT2D eigenvalue weighted by molar-refractivity contribution is 6.06. The molecule has 5 heteroatoms. The fourth-order valence-electron chi connectivity index (χ4n) is 2.22. The van der Waals surface area contributed by atoms with Gasteiger partial charge in [-0.15, -0.1) is 0 Å². The van der Waals surface area contributed by atoms with Crippen molar-refractivity contribution in [1.82, 2.24) is 5.32 Å². The van der Waals surface area contributed by atoms with Crippen LogP contribution in [0.5, 0.6) is 0 Å². The van der Waals surface area contributed by atoms with E-state index >= 15 is 0 Å². The first-order valence-electron chi connectivity index (χ1n) is 6.96. The molecule has 0 bridgehead atoms. The normalized spacial score (nSPS) is 15.9. The Labute approximate surface area is 116 Å². The van der Waals surface area contributed by atoms with Gasteiger partial charge in [-0.3, -0.25) is 4.79 Å². The van der Waals surface area contributed by atoms with Crippen LogP contribution in [0.2, 0.25) is 0 Å². The van der Waals surface area contributed by atoms with Gasteiger partial charge in [0.15, 0.2) is 5.84 Å². The third-order valence-corrected chi connectivity index (χ3v) is 4.09. The maximum absolute atomic E-state index is 12.3. The van der Waals surface area contributed by atoms with Gasteiger partial charge in [-0.05, 0) is 31.1 Å². The van der Waals surface area contributed by atoms with Crippen LogP contribution in [0.25, 0.3) is 0 Å². The number of amidine groups is 1. The average Bonchev–Trinajstić information content (AvgIpc) is 2.35. The highest BCUT2D eigenvalue weighted by Gasteiger charge is 2.36. The minimum absolute atomic E-state index is 0.0434. The molecule has 19 heavy (non-hydrogen) atoms. The Morgan fingerprint density at radius 1 is 1.32 bits per heavy atom. The number of hydrogen-bond donors (Lipinski definition) is 3. The van der Waals surface area contributed by atoms with E-state index in [-0.39, 0.29) is 11.7 Å². The molecule has 0 saturated heterocycles. The van der Waals surface area contributed by atoms with Crippen molar-refractivity contribution in [2.75, 3.05) is 6.54 Å².